The molecule has 0 bridgehead atoms. The van der Waals surface area contributed by atoms with Crippen molar-refractivity contribution in [3.63, 3.8) is 0 Å². The molecule has 0 aromatic heterocycles. The number of hydrogen-bond acceptors (Lipinski definition) is 3. The van der Waals surface area contributed by atoms with Crippen LogP contribution in [-0.2, 0) is 16.4 Å². The normalized spacial score (nSPS) is 11.2. The van der Waals surface area contributed by atoms with Crippen LogP contribution in [0.5, 0.6) is 0 Å². The number of halogens is 3. The van der Waals surface area contributed by atoms with Gasteiger partial charge in [-0.15, -0.1) is 0 Å². The predicted molar refractivity (Wildman–Crippen MR) is 111 cm³/mol. The Morgan fingerprint density at radius 2 is 1.52 bits per heavy atom. The van der Waals surface area contributed by atoms with Crippen LogP contribution in [0.25, 0.3) is 0 Å². The maximum Gasteiger partial charge on any atom is 0.261 e. The highest BCUT2D eigenvalue weighted by atomic mass is 32.2. The molecular formula is C22H19F3N2O3S. The molecule has 162 valence electrons. The summed E-state index contributed by atoms with van der Waals surface area (Å²) in [5.74, 6) is -2.43. The highest BCUT2D eigenvalue weighted by Gasteiger charge is 2.18. The van der Waals surface area contributed by atoms with Crippen molar-refractivity contribution in [3.8, 4) is 0 Å². The third kappa shape index (κ3) is 5.85. The summed E-state index contributed by atoms with van der Waals surface area (Å²) in [6, 6.07) is 12.0. The molecule has 0 spiro atoms. The Labute approximate surface area is 178 Å². The zero-order valence-electron chi connectivity index (χ0n) is 16.5. The van der Waals surface area contributed by atoms with E-state index in [4.69, 9.17) is 0 Å². The van der Waals surface area contributed by atoms with E-state index in [-0.39, 0.29) is 29.1 Å². The SMILES string of the molecule is Cc1ccc(S(=O)(=O)Nc2ccc(F)cc2)cc1C(=O)NCCc1cc(F)cc(F)c1. The molecule has 0 aliphatic heterocycles. The van der Waals surface area contributed by atoms with Crippen molar-refractivity contribution in [1.29, 1.82) is 0 Å². The number of benzene rings is 3. The summed E-state index contributed by atoms with van der Waals surface area (Å²) in [6.45, 7) is 1.76. The van der Waals surface area contributed by atoms with Crippen LogP contribution in [0.4, 0.5) is 18.9 Å². The number of hydrogen-bond donors (Lipinski definition) is 2. The van der Waals surface area contributed by atoms with Crippen LogP contribution < -0.4 is 10.0 Å². The second kappa shape index (κ2) is 9.22. The molecule has 9 heteroatoms. The van der Waals surface area contributed by atoms with Gasteiger partial charge in [0, 0.05) is 23.9 Å². The number of aryl methyl sites for hydroxylation is 1. The lowest BCUT2D eigenvalue weighted by atomic mass is 10.1. The summed E-state index contributed by atoms with van der Waals surface area (Å²) in [5, 5.41) is 2.62. The van der Waals surface area contributed by atoms with Crippen molar-refractivity contribution in [3.05, 3.63) is 94.8 Å². The molecule has 0 heterocycles. The second-order valence-corrected chi connectivity index (χ2v) is 8.56. The molecule has 1 amide bonds. The molecule has 0 fully saturated rings. The van der Waals surface area contributed by atoms with Gasteiger partial charge >= 0.3 is 0 Å². The lowest BCUT2D eigenvalue weighted by Crippen LogP contribution is -2.27. The fraction of sp³-hybridized carbons (Fsp3) is 0.136. The average Bonchev–Trinajstić information content (AvgIpc) is 2.69. The molecule has 0 unspecified atom stereocenters. The summed E-state index contributed by atoms with van der Waals surface area (Å²) in [7, 11) is -4.01. The number of carbonyl (C=O) groups is 1. The van der Waals surface area contributed by atoms with Gasteiger partial charge in [-0.1, -0.05) is 6.07 Å². The van der Waals surface area contributed by atoms with E-state index >= 15 is 0 Å². The van der Waals surface area contributed by atoms with E-state index in [9.17, 15) is 26.4 Å². The monoisotopic (exact) mass is 448 g/mol. The maximum atomic E-state index is 13.3. The summed E-state index contributed by atoms with van der Waals surface area (Å²) >= 11 is 0. The number of amides is 1. The van der Waals surface area contributed by atoms with Crippen molar-refractivity contribution in [2.75, 3.05) is 11.3 Å². The van der Waals surface area contributed by atoms with E-state index in [2.05, 4.69) is 10.0 Å². The van der Waals surface area contributed by atoms with Crippen molar-refractivity contribution < 1.29 is 26.4 Å². The quantitative estimate of drug-likeness (QED) is 0.569. The predicted octanol–water partition coefficient (Wildman–Crippen LogP) is 4.19. The second-order valence-electron chi connectivity index (χ2n) is 6.87. The van der Waals surface area contributed by atoms with Gasteiger partial charge in [-0.3, -0.25) is 9.52 Å². The first kappa shape index (κ1) is 22.4. The Bertz CT molecular complexity index is 1190. The zero-order valence-corrected chi connectivity index (χ0v) is 17.3. The molecule has 0 atom stereocenters. The Morgan fingerprint density at radius 1 is 0.871 bits per heavy atom. The van der Waals surface area contributed by atoms with Crippen LogP contribution >= 0.6 is 0 Å². The first-order chi connectivity index (χ1) is 14.6. The van der Waals surface area contributed by atoms with E-state index in [0.717, 1.165) is 18.2 Å². The van der Waals surface area contributed by atoms with Crippen LogP contribution in [0.2, 0.25) is 0 Å². The Balaban J connectivity index is 1.72. The maximum absolute atomic E-state index is 13.3. The number of anilines is 1. The average molecular weight is 448 g/mol. The van der Waals surface area contributed by atoms with E-state index in [1.54, 1.807) is 6.92 Å². The van der Waals surface area contributed by atoms with Crippen molar-refractivity contribution in [1.82, 2.24) is 5.32 Å². The number of nitrogens with one attached hydrogen (secondary N) is 2. The van der Waals surface area contributed by atoms with Gasteiger partial charge in [-0.25, -0.2) is 21.6 Å². The molecule has 0 aliphatic carbocycles. The van der Waals surface area contributed by atoms with Gasteiger partial charge in [-0.2, -0.15) is 0 Å². The van der Waals surface area contributed by atoms with Gasteiger partial charge < -0.3 is 5.32 Å². The lowest BCUT2D eigenvalue weighted by molar-refractivity contribution is 0.0953. The van der Waals surface area contributed by atoms with Gasteiger partial charge in [0.15, 0.2) is 0 Å². The molecule has 3 aromatic rings. The topological polar surface area (TPSA) is 75.3 Å². The van der Waals surface area contributed by atoms with Gasteiger partial charge in [0.1, 0.15) is 17.5 Å². The molecule has 0 radical (unpaired) electrons. The van der Waals surface area contributed by atoms with E-state index < -0.39 is 33.4 Å². The van der Waals surface area contributed by atoms with Crippen LogP contribution in [-0.4, -0.2) is 20.9 Å². The van der Waals surface area contributed by atoms with E-state index in [1.165, 1.54) is 42.5 Å². The molecule has 0 aliphatic rings. The number of rotatable bonds is 7. The fourth-order valence-corrected chi connectivity index (χ4v) is 4.00. The molecular weight excluding hydrogens is 429 g/mol. The molecule has 31 heavy (non-hydrogen) atoms. The highest BCUT2D eigenvalue weighted by Crippen LogP contribution is 2.20. The first-order valence-electron chi connectivity index (χ1n) is 9.26. The van der Waals surface area contributed by atoms with Crippen molar-refractivity contribution in [2.45, 2.75) is 18.2 Å². The zero-order chi connectivity index (χ0) is 22.6. The number of sulfonamides is 1. The Morgan fingerprint density at radius 3 is 2.16 bits per heavy atom. The summed E-state index contributed by atoms with van der Waals surface area (Å²) < 4.78 is 67.1. The first-order valence-corrected chi connectivity index (χ1v) is 10.7. The summed E-state index contributed by atoms with van der Waals surface area (Å²) in [5.41, 5.74) is 1.26. The molecule has 3 aromatic carbocycles. The minimum Gasteiger partial charge on any atom is -0.352 e. The Hall–Kier alpha value is -3.33. The van der Waals surface area contributed by atoms with Gasteiger partial charge in [0.05, 0.1) is 4.90 Å². The minimum atomic E-state index is -4.01. The van der Waals surface area contributed by atoms with Crippen molar-refractivity contribution in [2.24, 2.45) is 0 Å². The molecule has 0 saturated carbocycles. The van der Waals surface area contributed by atoms with Crippen LogP contribution in [0.3, 0.4) is 0 Å². The summed E-state index contributed by atoms with van der Waals surface area (Å²) in [6.07, 6.45) is 0.198. The smallest absolute Gasteiger partial charge is 0.261 e. The van der Waals surface area contributed by atoms with Crippen LogP contribution in [0.15, 0.2) is 65.6 Å². The van der Waals surface area contributed by atoms with E-state index in [0.29, 0.717) is 11.1 Å². The molecule has 5 nitrogen and oxygen atoms in total. The van der Waals surface area contributed by atoms with Crippen LogP contribution in [0.1, 0.15) is 21.5 Å². The van der Waals surface area contributed by atoms with Crippen LogP contribution in [0, 0.1) is 24.4 Å². The van der Waals surface area contributed by atoms with E-state index in [1.807, 2.05) is 0 Å². The molecule has 0 saturated heterocycles. The Kier molecular flexibility index (Phi) is 6.65. The number of carbonyl (C=O) groups excluding carboxylic acids is 1. The molecule has 3 rings (SSSR count). The largest absolute Gasteiger partial charge is 0.352 e. The minimum absolute atomic E-state index is 0.103. The highest BCUT2D eigenvalue weighted by molar-refractivity contribution is 7.92. The summed E-state index contributed by atoms with van der Waals surface area (Å²) in [4.78, 5) is 12.4. The van der Waals surface area contributed by atoms with Gasteiger partial charge in [0.25, 0.3) is 15.9 Å². The lowest BCUT2D eigenvalue weighted by Gasteiger charge is -2.12. The third-order valence-electron chi connectivity index (χ3n) is 4.48. The van der Waals surface area contributed by atoms with Gasteiger partial charge in [-0.05, 0) is 73.0 Å². The fourth-order valence-electron chi connectivity index (χ4n) is 2.92. The van der Waals surface area contributed by atoms with Crippen molar-refractivity contribution >= 4 is 21.6 Å². The third-order valence-corrected chi connectivity index (χ3v) is 5.86. The standard InChI is InChI=1S/C22H19F3N2O3S/c1-14-2-7-20(31(29,30)27-19-5-3-16(23)4-6-19)13-21(14)22(28)26-9-8-15-10-17(24)12-18(25)11-15/h2-7,10-13,27H,8-9H2,1H3,(H,26,28). The van der Waals surface area contributed by atoms with Gasteiger partial charge in [0.2, 0.25) is 0 Å². The molecule has 2 N–H and O–H groups in total.